The molecule has 5 atom stereocenters. The number of hydrogen-bond acceptors (Lipinski definition) is 12. The second-order valence-corrected chi connectivity index (χ2v) is 19.1. The molecule has 0 bridgehead atoms. The van der Waals surface area contributed by atoms with Crippen LogP contribution in [-0.2, 0) is 19.1 Å². The summed E-state index contributed by atoms with van der Waals surface area (Å²) in [6.07, 6.45) is -0.773. The van der Waals surface area contributed by atoms with Gasteiger partial charge in [-0.05, 0) is 80.5 Å². The first-order valence-corrected chi connectivity index (χ1v) is 23.3. The Morgan fingerprint density at radius 1 is 0.862 bits per heavy atom. The van der Waals surface area contributed by atoms with Crippen molar-refractivity contribution in [3.63, 3.8) is 0 Å². The lowest BCUT2D eigenvalue weighted by Gasteiger charge is -2.31. The molecule has 8 rings (SSSR count). The molecular formula is C49H52N8O6S2. The number of aryl methyl sites for hydroxylation is 3. The van der Waals surface area contributed by atoms with Gasteiger partial charge in [-0.3, -0.25) is 28.7 Å². The molecule has 0 spiro atoms. The van der Waals surface area contributed by atoms with Gasteiger partial charge in [0, 0.05) is 34.5 Å². The Morgan fingerprint density at radius 2 is 1.51 bits per heavy atom. The molecule has 3 aromatic carbocycles. The van der Waals surface area contributed by atoms with E-state index < -0.39 is 42.0 Å². The third-order valence-electron chi connectivity index (χ3n) is 12.3. The number of hydrogen-bond donors (Lipinski definition) is 3. The predicted molar refractivity (Wildman–Crippen MR) is 251 cm³/mol. The number of nitrogens with one attached hydrogen (secondary N) is 2. The van der Waals surface area contributed by atoms with Crippen molar-refractivity contribution in [1.29, 1.82) is 0 Å². The zero-order valence-electron chi connectivity index (χ0n) is 37.6. The smallest absolute Gasteiger partial charge is 0.308 e. The molecule has 336 valence electrons. The molecule has 16 heteroatoms. The van der Waals surface area contributed by atoms with Crippen LogP contribution >= 0.6 is 22.7 Å². The third kappa shape index (κ3) is 9.02. The van der Waals surface area contributed by atoms with Crippen LogP contribution < -0.4 is 10.6 Å². The molecular weight excluding hydrogens is 861 g/mol. The fraction of sp³-hybridized carbons (Fsp3) is 0.347. The van der Waals surface area contributed by atoms with Crippen LogP contribution in [0.25, 0.3) is 26.6 Å². The molecule has 3 N–H and O–H groups in total. The summed E-state index contributed by atoms with van der Waals surface area (Å²) in [4.78, 5) is 67.3. The third-order valence-corrected chi connectivity index (χ3v) is 14.5. The van der Waals surface area contributed by atoms with E-state index in [1.165, 1.54) is 12.0 Å². The van der Waals surface area contributed by atoms with E-state index in [2.05, 4.69) is 39.7 Å². The van der Waals surface area contributed by atoms with Gasteiger partial charge in [0.1, 0.15) is 29.0 Å². The number of aromatic nitrogens is 4. The number of β-amino-alcohol motifs (C(OH)–C–C–N with tert-alkyl or cyclic N) is 1. The predicted octanol–water partition coefficient (Wildman–Crippen LogP) is 7.40. The van der Waals surface area contributed by atoms with E-state index >= 15 is 0 Å². The van der Waals surface area contributed by atoms with Crippen LogP contribution in [0.15, 0.2) is 83.3 Å². The van der Waals surface area contributed by atoms with Crippen molar-refractivity contribution in [1.82, 2.24) is 35.3 Å². The number of aliphatic imine (C=N–C) groups is 1. The number of carbonyl (C=O) groups excluding carboxylic acids is 4. The van der Waals surface area contributed by atoms with Crippen molar-refractivity contribution in [2.45, 2.75) is 91.6 Å². The number of esters is 1. The van der Waals surface area contributed by atoms with Gasteiger partial charge in [-0.2, -0.15) is 0 Å². The van der Waals surface area contributed by atoms with Crippen LogP contribution in [0.5, 0.6) is 0 Å². The normalized spacial score (nSPS) is 17.7. The summed E-state index contributed by atoms with van der Waals surface area (Å²) < 4.78 is 7.02. The summed E-state index contributed by atoms with van der Waals surface area (Å²) in [5, 5.41) is 26.4. The number of rotatable bonds is 12. The Morgan fingerprint density at radius 3 is 2.14 bits per heavy atom. The first kappa shape index (κ1) is 45.2. The molecule has 5 heterocycles. The number of likely N-dealkylation sites (tertiary alicyclic amines) is 1. The Labute approximate surface area is 385 Å². The lowest BCUT2D eigenvalue weighted by molar-refractivity contribution is -0.141. The zero-order chi connectivity index (χ0) is 46.3. The number of aliphatic hydroxyl groups excluding tert-OH is 1. The average molecular weight is 913 g/mol. The second-order valence-electron chi connectivity index (χ2n) is 17.0. The summed E-state index contributed by atoms with van der Waals surface area (Å²) in [6, 6.07) is 20.3. The van der Waals surface area contributed by atoms with Crippen molar-refractivity contribution in [3.05, 3.63) is 128 Å². The monoisotopic (exact) mass is 912 g/mol. The number of carbonyl (C=O) groups is 4. The van der Waals surface area contributed by atoms with E-state index in [4.69, 9.17) is 9.73 Å². The molecule has 2 aliphatic rings. The SMILES string of the molecule is COC(=O)C[C@@H]1N=C(c2ccc(-c3ccc(C(=O)NC(C(=O)N4C[C@H](O)C[C@H]4C(=O)N[C@@H](C)c4ccc(-c5scnc5C)cc4)C(C)C)cc3)cc2)c2c(sc(C)c2C)-n2c(C)nnc21. The highest BCUT2D eigenvalue weighted by Crippen LogP contribution is 2.40. The average Bonchev–Trinajstić information content (AvgIpc) is 4.07. The van der Waals surface area contributed by atoms with Crippen molar-refractivity contribution < 1.29 is 29.0 Å². The molecule has 1 saturated heterocycles. The molecule has 3 amide bonds. The Hall–Kier alpha value is -6.36. The number of thiophene rings is 1. The van der Waals surface area contributed by atoms with E-state index in [1.807, 2.05) is 105 Å². The molecule has 14 nitrogen and oxygen atoms in total. The Bertz CT molecular complexity index is 2790. The summed E-state index contributed by atoms with van der Waals surface area (Å²) in [6.45, 7) is 13.6. The van der Waals surface area contributed by atoms with Gasteiger partial charge in [-0.15, -0.1) is 32.9 Å². The fourth-order valence-corrected chi connectivity index (χ4v) is 10.5. The summed E-state index contributed by atoms with van der Waals surface area (Å²) >= 11 is 3.22. The number of fused-ring (bicyclic) bond motifs is 3. The largest absolute Gasteiger partial charge is 0.469 e. The van der Waals surface area contributed by atoms with E-state index in [0.29, 0.717) is 17.2 Å². The van der Waals surface area contributed by atoms with E-state index in [9.17, 15) is 24.3 Å². The molecule has 65 heavy (non-hydrogen) atoms. The lowest BCUT2D eigenvalue weighted by atomic mass is 9.96. The minimum absolute atomic E-state index is 0.0131. The maximum atomic E-state index is 14.2. The van der Waals surface area contributed by atoms with Crippen molar-refractivity contribution in [2.24, 2.45) is 10.9 Å². The number of methoxy groups -OCH3 is 1. The molecule has 6 aromatic rings. The van der Waals surface area contributed by atoms with Gasteiger partial charge < -0.3 is 25.4 Å². The van der Waals surface area contributed by atoms with Crippen molar-refractivity contribution in [2.75, 3.05) is 13.7 Å². The Balaban J connectivity index is 0.951. The molecule has 0 saturated carbocycles. The first-order chi connectivity index (χ1) is 31.1. The molecule has 3 aromatic heterocycles. The van der Waals surface area contributed by atoms with Crippen LogP contribution in [0, 0.1) is 33.6 Å². The number of amides is 3. The highest BCUT2D eigenvalue weighted by atomic mass is 32.1. The van der Waals surface area contributed by atoms with Gasteiger partial charge in [0.15, 0.2) is 5.82 Å². The molecule has 1 fully saturated rings. The fourth-order valence-electron chi connectivity index (χ4n) is 8.52. The van der Waals surface area contributed by atoms with E-state index in [-0.39, 0.29) is 37.3 Å². The summed E-state index contributed by atoms with van der Waals surface area (Å²) in [5.74, 6) is -0.629. The van der Waals surface area contributed by atoms with Gasteiger partial charge in [-0.1, -0.05) is 74.5 Å². The van der Waals surface area contributed by atoms with Crippen LogP contribution in [0.2, 0.25) is 0 Å². The number of aliphatic hydroxyl groups is 1. The van der Waals surface area contributed by atoms with E-state index in [0.717, 1.165) is 65.1 Å². The highest BCUT2D eigenvalue weighted by molar-refractivity contribution is 7.15. The van der Waals surface area contributed by atoms with Crippen LogP contribution in [0.1, 0.15) is 101 Å². The topological polar surface area (TPSA) is 181 Å². The van der Waals surface area contributed by atoms with Crippen LogP contribution in [0.4, 0.5) is 0 Å². The number of nitrogens with zero attached hydrogens (tertiary/aromatic N) is 6. The minimum Gasteiger partial charge on any atom is -0.469 e. The molecule has 2 aliphatic heterocycles. The Kier molecular flexibility index (Phi) is 13.0. The molecule has 1 unspecified atom stereocenters. The van der Waals surface area contributed by atoms with Crippen molar-refractivity contribution in [3.8, 4) is 26.6 Å². The first-order valence-electron chi connectivity index (χ1n) is 21.6. The maximum absolute atomic E-state index is 14.2. The van der Waals surface area contributed by atoms with Crippen molar-refractivity contribution >= 4 is 52.1 Å². The standard InChI is InChI=1S/C49H52N8O6S2/c1-25(2)42(48(62)56-23-37(58)21-39(56)47(61)51-27(4)31-9-17-35(18-10-31)44-28(5)50-24-64-44)53-46(60)36-19-13-33(14-20-36)32-11-15-34(16-12-32)43-41-26(3)29(6)65-49(41)57-30(7)54-55-45(57)38(52-43)22-40(59)63-8/h9-20,24-25,27,37-39,42,58H,21-23H2,1-8H3,(H,51,61)(H,53,60)/t27-,37+,38-,39-,42?/m0/s1. The van der Waals surface area contributed by atoms with Gasteiger partial charge >= 0.3 is 5.97 Å². The highest BCUT2D eigenvalue weighted by Gasteiger charge is 2.42. The summed E-state index contributed by atoms with van der Waals surface area (Å²) in [5.41, 5.74) is 10.6. The van der Waals surface area contributed by atoms with Crippen LogP contribution in [0.3, 0.4) is 0 Å². The summed E-state index contributed by atoms with van der Waals surface area (Å²) in [7, 11) is 1.36. The second kappa shape index (κ2) is 18.6. The quantitative estimate of drug-likeness (QED) is 0.105. The van der Waals surface area contributed by atoms with E-state index in [1.54, 1.807) is 34.8 Å². The van der Waals surface area contributed by atoms with Gasteiger partial charge in [0.2, 0.25) is 11.8 Å². The lowest BCUT2D eigenvalue weighted by Crippen LogP contribution is -2.55. The van der Waals surface area contributed by atoms with Gasteiger partial charge in [0.25, 0.3) is 5.91 Å². The maximum Gasteiger partial charge on any atom is 0.308 e. The van der Waals surface area contributed by atoms with Crippen LogP contribution in [-0.4, -0.2) is 91.0 Å². The number of ether oxygens (including phenoxy) is 1. The minimum atomic E-state index is -0.939. The number of thiazole rings is 1. The van der Waals surface area contributed by atoms with Gasteiger partial charge in [0.05, 0.1) is 47.5 Å². The van der Waals surface area contributed by atoms with Gasteiger partial charge in [-0.25, -0.2) is 4.98 Å². The molecule has 0 aliphatic carbocycles. The molecule has 0 radical (unpaired) electrons. The zero-order valence-corrected chi connectivity index (χ0v) is 39.2. The number of benzene rings is 3.